The zero-order valence-electron chi connectivity index (χ0n) is 72.2. The van der Waals surface area contributed by atoms with Gasteiger partial charge in [-0.3, -0.25) is 29.9 Å². The van der Waals surface area contributed by atoms with Gasteiger partial charge in [-0.25, -0.2) is 0 Å². The Kier molecular flexibility index (Phi) is 18.4. The lowest BCUT2D eigenvalue weighted by Gasteiger charge is -2.14. The van der Waals surface area contributed by atoms with Gasteiger partial charge in [0.2, 0.25) is 0 Å². The minimum absolute atomic E-state index is 0.884. The van der Waals surface area contributed by atoms with Crippen molar-refractivity contribution in [2.75, 3.05) is 0 Å². The number of nitrogens with zero attached hydrogens (tertiary/aromatic N) is 6. The summed E-state index contributed by atoms with van der Waals surface area (Å²) in [6, 6.07) is 137. The third-order valence-corrected chi connectivity index (χ3v) is 26.5. The van der Waals surface area contributed by atoms with Crippen molar-refractivity contribution in [2.24, 2.45) is 0 Å². The van der Waals surface area contributed by atoms with Gasteiger partial charge in [-0.2, -0.15) is 0 Å². The van der Waals surface area contributed by atoms with E-state index in [1.807, 2.05) is 0 Å². The molecule has 9 heteroatoms. The number of aromatic nitrogens is 6. The lowest BCUT2D eigenvalue weighted by molar-refractivity contribution is 0.662. The average Bonchev–Trinajstić information content (AvgIpc) is 1.25. The minimum Gasteiger partial charge on any atom is -0.456 e. The molecule has 618 valence electrons. The molecule has 0 radical (unpaired) electrons. The smallest absolute Gasteiger partial charge is 0.143 e. The summed E-state index contributed by atoms with van der Waals surface area (Å²) < 4.78 is 19.5. The largest absolute Gasteiger partial charge is 0.456 e. The van der Waals surface area contributed by atoms with Crippen LogP contribution in [-0.2, 0) is 0 Å². The van der Waals surface area contributed by atoms with E-state index in [-0.39, 0.29) is 0 Å². The summed E-state index contributed by atoms with van der Waals surface area (Å²) in [5.41, 5.74) is 35.5. The van der Waals surface area contributed by atoms with Gasteiger partial charge in [-0.05, 0) is 232 Å². The molecule has 27 aromatic rings. The molecule has 0 amide bonds. The summed E-state index contributed by atoms with van der Waals surface area (Å²) in [5, 5.41) is 20.6. The van der Waals surface area contributed by atoms with Crippen molar-refractivity contribution in [1.82, 2.24) is 29.9 Å². The van der Waals surface area contributed by atoms with Crippen molar-refractivity contribution in [3.05, 3.63) is 436 Å². The second-order valence-electron chi connectivity index (χ2n) is 34.4. The number of rotatable bonds is 9. The van der Waals surface area contributed by atoms with E-state index in [1.54, 1.807) is 37.2 Å². The van der Waals surface area contributed by atoms with Crippen LogP contribution in [0, 0.1) is 20.8 Å². The van der Waals surface area contributed by atoms with Gasteiger partial charge >= 0.3 is 0 Å². The van der Waals surface area contributed by atoms with Crippen molar-refractivity contribution in [3.63, 3.8) is 0 Å². The predicted molar refractivity (Wildman–Crippen MR) is 549 cm³/mol. The molecule has 0 N–H and O–H groups in total. The summed E-state index contributed by atoms with van der Waals surface area (Å²) in [6.07, 6.45) is 10.7. The van der Waals surface area contributed by atoms with E-state index in [0.29, 0.717) is 0 Å². The van der Waals surface area contributed by atoms with Gasteiger partial charge in [0.15, 0.2) is 0 Å². The summed E-state index contributed by atoms with van der Waals surface area (Å²) in [5.74, 6) is 0. The van der Waals surface area contributed by atoms with Gasteiger partial charge in [0.1, 0.15) is 33.5 Å². The van der Waals surface area contributed by atoms with Crippen LogP contribution in [0.25, 0.3) is 264 Å². The molecule has 0 spiro atoms. The van der Waals surface area contributed by atoms with E-state index >= 15 is 0 Å². The molecule has 0 atom stereocenters. The Bertz CT molecular complexity index is 9300. The van der Waals surface area contributed by atoms with Gasteiger partial charge in [-0.1, -0.05) is 309 Å². The molecular formula is C123H78N6O3. The highest BCUT2D eigenvalue weighted by molar-refractivity contribution is 6.27. The molecular weight excluding hydrogens is 1610 g/mol. The number of fused-ring (bicyclic) bond motifs is 27. The Balaban J connectivity index is 0.000000109. The SMILES string of the molecule is Cc1ccc2oc3ccc(-c4ccccc4-c4ccc5c(c4)c4ccccc4c4nccnc54)cc3c2c1.Cc1cccc2c1oc1c(C)cc(-c3ccccc3-c3ccc4c(c3)c3ccccc3c3nccnc43)cc12.c1ccc(-c2cc(-c3ccccc3)c3oc4c(-c5ccccc5)cc(-c5ccccc5-c5ccc6c(c5)c5ccccc5c5nccnc65)cc4c3c2)cc1. The van der Waals surface area contributed by atoms with E-state index in [1.165, 1.54) is 88.0 Å². The maximum absolute atomic E-state index is 7.03. The second kappa shape index (κ2) is 31.6. The molecule has 6 aromatic heterocycles. The maximum atomic E-state index is 7.03. The number of benzene rings is 21. The molecule has 0 bridgehead atoms. The van der Waals surface area contributed by atoms with Crippen LogP contribution in [0.15, 0.2) is 433 Å². The van der Waals surface area contributed by atoms with Crippen molar-refractivity contribution in [3.8, 4) is 100 Å². The fourth-order valence-corrected chi connectivity index (χ4v) is 20.4. The zero-order valence-corrected chi connectivity index (χ0v) is 72.2. The number of hydrogen-bond donors (Lipinski definition) is 0. The molecule has 0 saturated carbocycles. The Hall–Kier alpha value is -17.4. The zero-order chi connectivity index (χ0) is 87.6. The van der Waals surface area contributed by atoms with E-state index in [2.05, 4.69) is 413 Å². The average molecular weight is 1690 g/mol. The molecule has 21 aromatic carbocycles. The second-order valence-corrected chi connectivity index (χ2v) is 34.4. The molecule has 9 nitrogen and oxygen atoms in total. The first-order valence-corrected chi connectivity index (χ1v) is 44.7. The third-order valence-electron chi connectivity index (χ3n) is 26.5. The molecule has 0 aliphatic carbocycles. The molecule has 0 saturated heterocycles. The monoisotopic (exact) mass is 1690 g/mol. The van der Waals surface area contributed by atoms with Crippen LogP contribution in [0.4, 0.5) is 0 Å². The van der Waals surface area contributed by atoms with Crippen LogP contribution in [-0.4, -0.2) is 29.9 Å². The normalized spacial score (nSPS) is 11.8. The van der Waals surface area contributed by atoms with Crippen molar-refractivity contribution in [1.29, 1.82) is 0 Å². The fraction of sp³-hybridized carbons (Fsp3) is 0.0244. The van der Waals surface area contributed by atoms with Crippen LogP contribution in [0.2, 0.25) is 0 Å². The van der Waals surface area contributed by atoms with Gasteiger partial charge in [0.25, 0.3) is 0 Å². The van der Waals surface area contributed by atoms with Crippen LogP contribution < -0.4 is 0 Å². The van der Waals surface area contributed by atoms with E-state index in [9.17, 15) is 0 Å². The molecule has 0 aliphatic heterocycles. The predicted octanol–water partition coefficient (Wildman–Crippen LogP) is 33.4. The van der Waals surface area contributed by atoms with Gasteiger partial charge in [0.05, 0.1) is 33.1 Å². The number of furan rings is 3. The maximum Gasteiger partial charge on any atom is 0.143 e. The first kappa shape index (κ1) is 77.0. The lowest BCUT2D eigenvalue weighted by atomic mass is 9.89. The summed E-state index contributed by atoms with van der Waals surface area (Å²) in [7, 11) is 0. The Labute approximate surface area is 758 Å². The molecule has 0 fully saturated rings. The van der Waals surface area contributed by atoms with Crippen LogP contribution in [0.1, 0.15) is 16.7 Å². The first-order chi connectivity index (χ1) is 65.2. The molecule has 6 heterocycles. The Morgan fingerprint density at radius 2 is 0.447 bits per heavy atom. The minimum atomic E-state index is 0.884. The van der Waals surface area contributed by atoms with Crippen molar-refractivity contribution in [2.45, 2.75) is 20.8 Å². The van der Waals surface area contributed by atoms with Gasteiger partial charge in [0, 0.05) is 113 Å². The molecule has 132 heavy (non-hydrogen) atoms. The standard InChI is InChI=1S/C52H32N2O.C36H24N2O.C35H22N2O/c1-4-14-33(15-5-1)37-29-44(34-16-6-2-7-17-34)51-47(30-37)48-32-38(31-45(52(48)55-51)35-18-8-3-9-19-35)40-21-11-10-20-39(40)36-24-25-43-46(28-36)41-22-12-13-23-42(41)49-50(43)54-27-26-53-49;1-21-8-7-13-30-32-20-24(18-22(2)36(32)39-35(21)30)26-10-4-3-9-25(26)23-14-15-29-31(19-23)27-11-5-6-12-28(27)33-34(29)38-17-16-37-33;1-21-10-14-32-30(18-21)31-20-23(12-15-33(31)38-32)25-7-3-2-6-24(25)22-11-13-28-29(19-22)26-8-4-5-9-27(26)34-35(28)37-17-16-36-34/h1-32H;3-20H,1-2H3;2-20H,1H3. The first-order valence-electron chi connectivity index (χ1n) is 44.7. The number of para-hydroxylation sites is 1. The van der Waals surface area contributed by atoms with E-state index in [0.717, 1.165) is 192 Å². The quantitative estimate of drug-likeness (QED) is 0.130. The summed E-state index contributed by atoms with van der Waals surface area (Å²) in [6.45, 7) is 6.37. The molecule has 0 unspecified atom stereocenters. The van der Waals surface area contributed by atoms with Gasteiger partial charge < -0.3 is 13.3 Å². The highest BCUT2D eigenvalue weighted by atomic mass is 16.3. The van der Waals surface area contributed by atoms with Crippen molar-refractivity contribution < 1.29 is 13.3 Å². The lowest BCUT2D eigenvalue weighted by Crippen LogP contribution is -1.90. The van der Waals surface area contributed by atoms with E-state index in [4.69, 9.17) is 33.2 Å². The Morgan fingerprint density at radius 3 is 0.879 bits per heavy atom. The van der Waals surface area contributed by atoms with Crippen LogP contribution in [0.3, 0.4) is 0 Å². The van der Waals surface area contributed by atoms with Crippen LogP contribution in [0.5, 0.6) is 0 Å². The van der Waals surface area contributed by atoms with Crippen molar-refractivity contribution >= 4 is 164 Å². The number of hydrogen-bond acceptors (Lipinski definition) is 9. The highest BCUT2D eigenvalue weighted by Gasteiger charge is 2.25. The summed E-state index contributed by atoms with van der Waals surface area (Å²) in [4.78, 5) is 28.3. The van der Waals surface area contributed by atoms with Gasteiger partial charge in [-0.15, -0.1) is 0 Å². The molecule has 0 aliphatic rings. The third kappa shape index (κ3) is 13.0. The summed E-state index contributed by atoms with van der Waals surface area (Å²) >= 11 is 0. The highest BCUT2D eigenvalue weighted by Crippen LogP contribution is 2.50. The number of aryl methyl sites for hydroxylation is 3. The Morgan fingerprint density at radius 1 is 0.152 bits per heavy atom. The van der Waals surface area contributed by atoms with Crippen LogP contribution >= 0.6 is 0 Å². The topological polar surface area (TPSA) is 117 Å². The molecule has 27 rings (SSSR count). The fourth-order valence-electron chi connectivity index (χ4n) is 20.4. The van der Waals surface area contributed by atoms with E-state index < -0.39 is 0 Å².